The van der Waals surface area contributed by atoms with Crippen molar-refractivity contribution in [2.24, 2.45) is 0 Å². The van der Waals surface area contributed by atoms with E-state index in [-0.39, 0.29) is 11.7 Å². The summed E-state index contributed by atoms with van der Waals surface area (Å²) in [5.74, 6) is 0. The van der Waals surface area contributed by atoms with Crippen LogP contribution in [-0.2, 0) is 0 Å². The summed E-state index contributed by atoms with van der Waals surface area (Å²) in [6, 6.07) is 17.9. The molecule has 0 saturated carbocycles. The van der Waals surface area contributed by atoms with Gasteiger partial charge in [-0.1, -0.05) is 59.1 Å². The van der Waals surface area contributed by atoms with Crippen molar-refractivity contribution in [2.45, 2.75) is 18.6 Å². The number of nitro groups is 1. The van der Waals surface area contributed by atoms with Gasteiger partial charge in [0.15, 0.2) is 0 Å². The lowest BCUT2D eigenvalue weighted by atomic mass is 9.96. The molecule has 0 aliphatic heterocycles. The largest absolute Gasteiger partial charge is 0.388 e. The first-order valence-corrected chi connectivity index (χ1v) is 9.86. The van der Waals surface area contributed by atoms with Crippen molar-refractivity contribution >= 4 is 46.2 Å². The zero-order chi connectivity index (χ0) is 21.0. The third-order valence-electron chi connectivity index (χ3n) is 4.46. The highest BCUT2D eigenvalue weighted by molar-refractivity contribution is 6.42. The molecule has 150 valence electrons. The van der Waals surface area contributed by atoms with E-state index in [0.29, 0.717) is 32.7 Å². The van der Waals surface area contributed by atoms with Crippen molar-refractivity contribution in [1.29, 1.82) is 0 Å². The van der Waals surface area contributed by atoms with Crippen molar-refractivity contribution in [3.63, 3.8) is 0 Å². The van der Waals surface area contributed by atoms with Crippen LogP contribution in [0.25, 0.3) is 0 Å². The van der Waals surface area contributed by atoms with Crippen LogP contribution >= 0.6 is 34.8 Å². The van der Waals surface area contributed by atoms with Crippen molar-refractivity contribution in [3.8, 4) is 0 Å². The van der Waals surface area contributed by atoms with Crippen LogP contribution in [0.5, 0.6) is 0 Å². The maximum Gasteiger partial charge on any atom is 0.271 e. The molecule has 0 amide bonds. The normalized spacial score (nSPS) is 13.0. The van der Waals surface area contributed by atoms with E-state index in [2.05, 4.69) is 5.32 Å². The van der Waals surface area contributed by atoms with Crippen LogP contribution in [0.3, 0.4) is 0 Å². The average Bonchev–Trinajstić information content (AvgIpc) is 2.70. The van der Waals surface area contributed by atoms with Gasteiger partial charge in [-0.2, -0.15) is 0 Å². The third-order valence-corrected chi connectivity index (χ3v) is 5.45. The molecule has 3 rings (SSSR count). The second kappa shape index (κ2) is 9.46. The third kappa shape index (κ3) is 5.61. The van der Waals surface area contributed by atoms with E-state index >= 15 is 0 Å². The molecule has 2 N–H and O–H groups in total. The van der Waals surface area contributed by atoms with E-state index in [0.717, 1.165) is 5.56 Å². The number of nitrogens with one attached hydrogen (secondary N) is 1. The van der Waals surface area contributed by atoms with Crippen molar-refractivity contribution in [3.05, 3.63) is 103 Å². The van der Waals surface area contributed by atoms with Crippen molar-refractivity contribution in [1.82, 2.24) is 0 Å². The first-order chi connectivity index (χ1) is 13.8. The molecule has 0 radical (unpaired) electrons. The van der Waals surface area contributed by atoms with Crippen LogP contribution in [0.1, 0.15) is 29.7 Å². The van der Waals surface area contributed by atoms with Gasteiger partial charge in [0.25, 0.3) is 5.69 Å². The Bertz CT molecular complexity index is 1010. The van der Waals surface area contributed by atoms with Gasteiger partial charge in [-0.15, -0.1) is 0 Å². The molecule has 29 heavy (non-hydrogen) atoms. The zero-order valence-corrected chi connectivity index (χ0v) is 17.3. The number of halogens is 3. The van der Waals surface area contributed by atoms with E-state index in [1.807, 2.05) is 0 Å². The second-order valence-electron chi connectivity index (χ2n) is 6.48. The summed E-state index contributed by atoms with van der Waals surface area (Å²) >= 11 is 18.1. The van der Waals surface area contributed by atoms with Gasteiger partial charge in [0.2, 0.25) is 0 Å². The lowest BCUT2D eigenvalue weighted by Crippen LogP contribution is -2.15. The molecule has 0 spiro atoms. The Morgan fingerprint density at radius 2 is 1.62 bits per heavy atom. The molecule has 5 nitrogen and oxygen atoms in total. The molecule has 3 aromatic rings. The Balaban J connectivity index is 1.90. The predicted molar refractivity (Wildman–Crippen MR) is 117 cm³/mol. The average molecular weight is 452 g/mol. The maximum atomic E-state index is 11.1. The smallest absolute Gasteiger partial charge is 0.271 e. The van der Waals surface area contributed by atoms with Crippen LogP contribution < -0.4 is 5.32 Å². The highest BCUT2D eigenvalue weighted by Gasteiger charge is 2.20. The molecule has 0 heterocycles. The van der Waals surface area contributed by atoms with Gasteiger partial charge >= 0.3 is 0 Å². The van der Waals surface area contributed by atoms with Gasteiger partial charge in [0.1, 0.15) is 0 Å². The number of non-ortho nitro benzene ring substituents is 1. The van der Waals surface area contributed by atoms with Gasteiger partial charge in [0.05, 0.1) is 27.1 Å². The fourth-order valence-electron chi connectivity index (χ4n) is 2.96. The number of benzene rings is 3. The summed E-state index contributed by atoms with van der Waals surface area (Å²) < 4.78 is 0. The molecule has 0 aromatic heterocycles. The lowest BCUT2D eigenvalue weighted by molar-refractivity contribution is -0.384. The number of aliphatic hydroxyl groups excluding tert-OH is 1. The zero-order valence-electron chi connectivity index (χ0n) is 15.1. The van der Waals surface area contributed by atoms with Crippen LogP contribution in [-0.4, -0.2) is 10.0 Å². The summed E-state index contributed by atoms with van der Waals surface area (Å²) in [7, 11) is 0. The minimum Gasteiger partial charge on any atom is -0.388 e. The Hall–Kier alpha value is -2.31. The predicted octanol–water partition coefficient (Wildman–Crippen LogP) is 6.83. The molecule has 3 aromatic carbocycles. The minimum absolute atomic E-state index is 0.0267. The highest BCUT2D eigenvalue weighted by Crippen LogP contribution is 2.34. The Labute approximate surface area is 183 Å². The van der Waals surface area contributed by atoms with Crippen molar-refractivity contribution in [2.75, 3.05) is 5.32 Å². The first kappa shape index (κ1) is 21.4. The topological polar surface area (TPSA) is 75.4 Å². The quantitative estimate of drug-likeness (QED) is 0.305. The molecule has 0 saturated heterocycles. The van der Waals surface area contributed by atoms with Crippen LogP contribution in [0.2, 0.25) is 15.1 Å². The molecular formula is C21H17Cl3N2O3. The minimum atomic E-state index is -0.794. The summed E-state index contributed by atoms with van der Waals surface area (Å²) in [5, 5.41) is 26.5. The van der Waals surface area contributed by atoms with Gasteiger partial charge in [-0.05, 0) is 41.5 Å². The summed E-state index contributed by atoms with van der Waals surface area (Å²) in [5.41, 5.74) is 2.03. The summed E-state index contributed by atoms with van der Waals surface area (Å²) in [6.07, 6.45) is -0.500. The van der Waals surface area contributed by atoms with E-state index < -0.39 is 11.0 Å². The van der Waals surface area contributed by atoms with Crippen molar-refractivity contribution < 1.29 is 10.0 Å². The van der Waals surface area contributed by atoms with Crippen LogP contribution in [0.15, 0.2) is 66.7 Å². The highest BCUT2D eigenvalue weighted by atomic mass is 35.5. The molecule has 0 fully saturated rings. The number of nitro benzene ring substituents is 1. The van der Waals surface area contributed by atoms with E-state index in [1.165, 1.54) is 12.1 Å². The fraction of sp³-hybridized carbons (Fsp3) is 0.143. The maximum absolute atomic E-state index is 11.1. The molecule has 2 atom stereocenters. The van der Waals surface area contributed by atoms with Gasteiger partial charge in [-0.3, -0.25) is 10.1 Å². The van der Waals surface area contributed by atoms with E-state index in [9.17, 15) is 15.2 Å². The van der Waals surface area contributed by atoms with Gasteiger partial charge in [0, 0.05) is 29.3 Å². The molecule has 0 bridgehead atoms. The molecule has 0 aliphatic carbocycles. The van der Waals surface area contributed by atoms with Crippen LogP contribution in [0.4, 0.5) is 11.4 Å². The number of aliphatic hydroxyl groups is 1. The Morgan fingerprint density at radius 3 is 2.28 bits per heavy atom. The Morgan fingerprint density at radius 1 is 0.931 bits per heavy atom. The number of hydrogen-bond donors (Lipinski definition) is 2. The molecule has 8 heteroatoms. The SMILES string of the molecule is O=[N+]([O-])c1cccc(NC(CC(O)c2ccc(Cl)cc2)c2ccc(Cl)c(Cl)c2)c1. The fourth-order valence-corrected chi connectivity index (χ4v) is 3.39. The standard InChI is InChI=1S/C21H17Cl3N2O3/c22-15-7-4-13(5-8-15)21(27)12-20(14-6-9-18(23)19(24)10-14)25-16-2-1-3-17(11-16)26(28)29/h1-11,20-21,25,27H,12H2. The summed E-state index contributed by atoms with van der Waals surface area (Å²) in [6.45, 7) is 0. The van der Waals surface area contributed by atoms with E-state index in [1.54, 1.807) is 54.6 Å². The Kier molecular flexibility index (Phi) is 6.98. The number of rotatable bonds is 7. The number of anilines is 1. The summed E-state index contributed by atoms with van der Waals surface area (Å²) in [4.78, 5) is 10.6. The number of hydrogen-bond acceptors (Lipinski definition) is 4. The monoisotopic (exact) mass is 450 g/mol. The molecular weight excluding hydrogens is 435 g/mol. The second-order valence-corrected chi connectivity index (χ2v) is 7.73. The first-order valence-electron chi connectivity index (χ1n) is 8.73. The van der Waals surface area contributed by atoms with Gasteiger partial charge < -0.3 is 10.4 Å². The van der Waals surface area contributed by atoms with Gasteiger partial charge in [-0.25, -0.2) is 0 Å². The van der Waals surface area contributed by atoms with E-state index in [4.69, 9.17) is 34.8 Å². The lowest BCUT2D eigenvalue weighted by Gasteiger charge is -2.24. The molecule has 0 aliphatic rings. The number of nitrogens with zero attached hydrogens (tertiary/aromatic N) is 1. The molecule has 2 unspecified atom stereocenters. The van der Waals surface area contributed by atoms with Crippen LogP contribution in [0, 0.1) is 10.1 Å².